The van der Waals surface area contributed by atoms with E-state index in [1.165, 1.54) is 24.3 Å². The minimum Gasteiger partial charge on any atom is -0.484 e. The van der Waals surface area contributed by atoms with Gasteiger partial charge in [0.1, 0.15) is 11.6 Å². The van der Waals surface area contributed by atoms with Gasteiger partial charge in [-0.15, -0.1) is 0 Å². The highest BCUT2D eigenvalue weighted by atomic mass is 19.1. The minimum absolute atomic E-state index is 0.0319. The molecule has 0 saturated heterocycles. The van der Waals surface area contributed by atoms with E-state index in [4.69, 9.17) is 4.74 Å². The summed E-state index contributed by atoms with van der Waals surface area (Å²) < 4.78 is 18.1. The van der Waals surface area contributed by atoms with Gasteiger partial charge >= 0.3 is 0 Å². The van der Waals surface area contributed by atoms with E-state index < -0.39 is 0 Å². The van der Waals surface area contributed by atoms with Crippen molar-refractivity contribution >= 4 is 5.91 Å². The van der Waals surface area contributed by atoms with Gasteiger partial charge in [0.15, 0.2) is 6.61 Å². The molecular formula is C17H18FNO2. The fourth-order valence-electron chi connectivity index (χ4n) is 1.95. The Kier molecular flexibility index (Phi) is 4.93. The predicted octanol–water partition coefficient (Wildman–Crippen LogP) is 3.42. The third-order valence-corrected chi connectivity index (χ3v) is 3.43. The lowest BCUT2D eigenvalue weighted by Gasteiger charge is -2.25. The van der Waals surface area contributed by atoms with Crippen molar-refractivity contribution in [3.05, 3.63) is 66.0 Å². The summed E-state index contributed by atoms with van der Waals surface area (Å²) in [6.07, 6.45) is 0. The van der Waals surface area contributed by atoms with Gasteiger partial charge in [0.05, 0.1) is 6.04 Å². The molecule has 1 amide bonds. The number of halogens is 1. The quantitative estimate of drug-likeness (QED) is 0.843. The Morgan fingerprint density at radius 1 is 1.14 bits per heavy atom. The first-order valence-corrected chi connectivity index (χ1v) is 6.77. The topological polar surface area (TPSA) is 29.5 Å². The van der Waals surface area contributed by atoms with Crippen molar-refractivity contribution < 1.29 is 13.9 Å². The van der Waals surface area contributed by atoms with Crippen molar-refractivity contribution in [2.24, 2.45) is 0 Å². The van der Waals surface area contributed by atoms with Crippen LogP contribution in [0.4, 0.5) is 4.39 Å². The molecule has 0 aliphatic heterocycles. The number of likely N-dealkylation sites (N-methyl/N-ethyl adjacent to an activating group) is 1. The molecule has 2 aromatic rings. The van der Waals surface area contributed by atoms with Crippen molar-refractivity contribution in [1.82, 2.24) is 4.90 Å². The number of hydrogen-bond donors (Lipinski definition) is 0. The smallest absolute Gasteiger partial charge is 0.260 e. The van der Waals surface area contributed by atoms with Crippen molar-refractivity contribution in [2.45, 2.75) is 13.0 Å². The maximum absolute atomic E-state index is 12.8. The molecule has 0 aromatic heterocycles. The van der Waals surface area contributed by atoms with Crippen molar-refractivity contribution in [3.63, 3.8) is 0 Å². The molecule has 0 radical (unpaired) electrons. The SMILES string of the molecule is CC(c1ccccc1)N(C)C(=O)COc1ccc(F)cc1. The summed E-state index contributed by atoms with van der Waals surface area (Å²) in [5.74, 6) is 0.0182. The van der Waals surface area contributed by atoms with Crippen molar-refractivity contribution in [3.8, 4) is 5.75 Å². The van der Waals surface area contributed by atoms with E-state index in [0.717, 1.165) is 5.56 Å². The number of amides is 1. The molecule has 0 bridgehead atoms. The molecule has 110 valence electrons. The van der Waals surface area contributed by atoms with E-state index in [1.807, 2.05) is 37.3 Å². The number of carbonyl (C=O) groups is 1. The molecule has 2 rings (SSSR count). The summed E-state index contributed by atoms with van der Waals surface area (Å²) in [5, 5.41) is 0. The van der Waals surface area contributed by atoms with Gasteiger partial charge in [-0.1, -0.05) is 30.3 Å². The summed E-state index contributed by atoms with van der Waals surface area (Å²) >= 11 is 0. The zero-order valence-electron chi connectivity index (χ0n) is 12.1. The lowest BCUT2D eigenvalue weighted by atomic mass is 10.1. The second-order valence-electron chi connectivity index (χ2n) is 4.83. The Balaban J connectivity index is 1.92. The van der Waals surface area contributed by atoms with Crippen LogP contribution in [0, 0.1) is 5.82 Å². The average Bonchev–Trinajstić information content (AvgIpc) is 2.53. The Morgan fingerprint density at radius 3 is 2.38 bits per heavy atom. The molecule has 21 heavy (non-hydrogen) atoms. The monoisotopic (exact) mass is 287 g/mol. The maximum Gasteiger partial charge on any atom is 0.260 e. The van der Waals surface area contributed by atoms with Gasteiger partial charge in [-0.25, -0.2) is 4.39 Å². The molecule has 0 N–H and O–H groups in total. The molecule has 0 aliphatic rings. The molecule has 0 fully saturated rings. The predicted molar refractivity (Wildman–Crippen MR) is 79.5 cm³/mol. The summed E-state index contributed by atoms with van der Waals surface area (Å²) in [7, 11) is 1.74. The van der Waals surface area contributed by atoms with Gasteiger partial charge in [0.2, 0.25) is 0 Å². The lowest BCUT2D eigenvalue weighted by molar-refractivity contribution is -0.134. The minimum atomic E-state index is -0.330. The molecule has 0 saturated carbocycles. The fourth-order valence-corrected chi connectivity index (χ4v) is 1.95. The van der Waals surface area contributed by atoms with E-state index in [2.05, 4.69) is 0 Å². The van der Waals surface area contributed by atoms with Crippen LogP contribution in [0.25, 0.3) is 0 Å². The summed E-state index contributed by atoms with van der Waals surface area (Å²) in [4.78, 5) is 13.8. The van der Waals surface area contributed by atoms with E-state index in [9.17, 15) is 9.18 Å². The first-order valence-electron chi connectivity index (χ1n) is 6.77. The first kappa shape index (κ1) is 15.0. The molecule has 0 heterocycles. The van der Waals surface area contributed by atoms with Crippen LogP contribution in [0.5, 0.6) is 5.75 Å². The van der Waals surface area contributed by atoms with Gasteiger partial charge in [-0.05, 0) is 36.8 Å². The Bertz CT molecular complexity index is 583. The van der Waals surface area contributed by atoms with Crippen molar-refractivity contribution in [2.75, 3.05) is 13.7 Å². The highest BCUT2D eigenvalue weighted by Gasteiger charge is 2.17. The van der Waals surface area contributed by atoms with Crippen LogP contribution in [-0.2, 0) is 4.79 Å². The second kappa shape index (κ2) is 6.88. The van der Waals surface area contributed by atoms with E-state index in [-0.39, 0.29) is 24.4 Å². The molecule has 0 spiro atoms. The molecule has 4 heteroatoms. The van der Waals surface area contributed by atoms with Gasteiger partial charge in [0.25, 0.3) is 5.91 Å². The number of carbonyl (C=O) groups excluding carboxylic acids is 1. The van der Waals surface area contributed by atoms with Crippen LogP contribution in [0.2, 0.25) is 0 Å². The van der Waals surface area contributed by atoms with Crippen LogP contribution in [0.3, 0.4) is 0 Å². The number of benzene rings is 2. The third kappa shape index (κ3) is 4.05. The number of rotatable bonds is 5. The van der Waals surface area contributed by atoms with Gasteiger partial charge < -0.3 is 9.64 Å². The zero-order valence-corrected chi connectivity index (χ0v) is 12.1. The van der Waals surface area contributed by atoms with Gasteiger partial charge in [-0.3, -0.25) is 4.79 Å². The van der Waals surface area contributed by atoms with E-state index in [1.54, 1.807) is 11.9 Å². The summed E-state index contributed by atoms with van der Waals surface area (Å²) in [5.41, 5.74) is 1.06. The third-order valence-electron chi connectivity index (χ3n) is 3.43. The van der Waals surface area contributed by atoms with Crippen LogP contribution in [-0.4, -0.2) is 24.5 Å². The molecule has 1 unspecified atom stereocenters. The van der Waals surface area contributed by atoms with E-state index >= 15 is 0 Å². The average molecular weight is 287 g/mol. The maximum atomic E-state index is 12.8. The molecule has 1 atom stereocenters. The second-order valence-corrected chi connectivity index (χ2v) is 4.83. The Morgan fingerprint density at radius 2 is 1.76 bits per heavy atom. The summed E-state index contributed by atoms with van der Waals surface area (Å²) in [6, 6.07) is 15.4. The number of ether oxygens (including phenoxy) is 1. The standard InChI is InChI=1S/C17H18FNO2/c1-13(14-6-4-3-5-7-14)19(2)17(20)12-21-16-10-8-15(18)9-11-16/h3-11,13H,12H2,1-2H3. The van der Waals surface area contributed by atoms with Crippen LogP contribution in [0.15, 0.2) is 54.6 Å². The normalized spacial score (nSPS) is 11.8. The number of hydrogen-bond acceptors (Lipinski definition) is 2. The van der Waals surface area contributed by atoms with Gasteiger partial charge in [-0.2, -0.15) is 0 Å². The van der Waals surface area contributed by atoms with Crippen LogP contribution >= 0.6 is 0 Å². The van der Waals surface area contributed by atoms with Crippen molar-refractivity contribution in [1.29, 1.82) is 0 Å². The number of nitrogens with zero attached hydrogens (tertiary/aromatic N) is 1. The van der Waals surface area contributed by atoms with Gasteiger partial charge in [0, 0.05) is 7.05 Å². The highest BCUT2D eigenvalue weighted by Crippen LogP contribution is 2.18. The summed E-state index contributed by atoms with van der Waals surface area (Å²) in [6.45, 7) is 1.89. The molecular weight excluding hydrogens is 269 g/mol. The lowest BCUT2D eigenvalue weighted by Crippen LogP contribution is -2.33. The first-order chi connectivity index (χ1) is 10.1. The molecule has 0 aliphatic carbocycles. The fraction of sp³-hybridized carbons (Fsp3) is 0.235. The largest absolute Gasteiger partial charge is 0.484 e. The molecule has 3 nitrogen and oxygen atoms in total. The van der Waals surface area contributed by atoms with Crippen LogP contribution in [0.1, 0.15) is 18.5 Å². The Hall–Kier alpha value is -2.36. The Labute approximate surface area is 124 Å². The molecule has 2 aromatic carbocycles. The van der Waals surface area contributed by atoms with Crippen LogP contribution < -0.4 is 4.74 Å². The highest BCUT2D eigenvalue weighted by molar-refractivity contribution is 5.78. The van der Waals surface area contributed by atoms with E-state index in [0.29, 0.717) is 5.75 Å². The zero-order chi connectivity index (χ0) is 15.2.